The van der Waals surface area contributed by atoms with Gasteiger partial charge in [-0.1, -0.05) is 31.5 Å². The van der Waals surface area contributed by atoms with Gasteiger partial charge in [0.25, 0.3) is 5.91 Å². The highest BCUT2D eigenvalue weighted by molar-refractivity contribution is 6.09. The number of amides is 2. The molecule has 39 heavy (non-hydrogen) atoms. The predicted molar refractivity (Wildman–Crippen MR) is 153 cm³/mol. The zero-order chi connectivity index (χ0) is 27.5. The Bertz CT molecular complexity index is 1560. The van der Waals surface area contributed by atoms with Crippen LogP contribution in [0.25, 0.3) is 11.0 Å². The van der Waals surface area contributed by atoms with Crippen LogP contribution in [0.4, 0.5) is 5.69 Å². The molecular weight excluding hydrogens is 490 g/mol. The van der Waals surface area contributed by atoms with E-state index in [1.165, 1.54) is 5.56 Å². The maximum absolute atomic E-state index is 13.1. The van der Waals surface area contributed by atoms with Crippen LogP contribution in [-0.2, 0) is 24.1 Å². The van der Waals surface area contributed by atoms with Gasteiger partial charge in [-0.15, -0.1) is 0 Å². The summed E-state index contributed by atoms with van der Waals surface area (Å²) in [5, 5.41) is 8.39. The van der Waals surface area contributed by atoms with Crippen LogP contribution in [0, 0.1) is 20.8 Å². The number of furan rings is 2. The Morgan fingerprint density at radius 2 is 1.85 bits per heavy atom. The van der Waals surface area contributed by atoms with Gasteiger partial charge in [0.15, 0.2) is 5.76 Å². The lowest BCUT2D eigenvalue weighted by molar-refractivity contribution is -0.120. The molecule has 4 aromatic rings. The summed E-state index contributed by atoms with van der Waals surface area (Å²) >= 11 is 0. The van der Waals surface area contributed by atoms with Crippen molar-refractivity contribution in [2.75, 3.05) is 5.32 Å². The average molecular weight is 526 g/mol. The number of nitrogens with zero attached hydrogens (tertiary/aromatic N) is 1. The first kappa shape index (κ1) is 26.5. The second-order valence-electron chi connectivity index (χ2n) is 10.4. The summed E-state index contributed by atoms with van der Waals surface area (Å²) in [5.41, 5.74) is 10.8. The molecule has 0 fully saturated rings. The molecule has 1 aliphatic carbocycles. The van der Waals surface area contributed by atoms with Gasteiger partial charge in [-0.2, -0.15) is 5.10 Å². The van der Waals surface area contributed by atoms with Gasteiger partial charge in [0.2, 0.25) is 5.91 Å². The number of carbonyl (C=O) groups is 2. The molecule has 2 amide bonds. The Balaban J connectivity index is 1.29. The van der Waals surface area contributed by atoms with E-state index < -0.39 is 0 Å². The zero-order valence-corrected chi connectivity index (χ0v) is 23.1. The van der Waals surface area contributed by atoms with Gasteiger partial charge in [0.1, 0.15) is 11.3 Å². The smallest absolute Gasteiger partial charge is 0.291 e. The predicted octanol–water partition coefficient (Wildman–Crippen LogP) is 6.95. The van der Waals surface area contributed by atoms with Crippen LogP contribution < -0.4 is 10.7 Å². The SMILES string of the molecule is CCCCc1ccc(NC(=O)c2oc3c(c2C)/C(=N/NC(=O)Cc2coc4cc(C)cc(C)c24)CCC3)cc1. The van der Waals surface area contributed by atoms with Crippen molar-refractivity contribution < 1.29 is 18.4 Å². The third kappa shape index (κ3) is 5.67. The van der Waals surface area contributed by atoms with Gasteiger partial charge >= 0.3 is 0 Å². The maximum Gasteiger partial charge on any atom is 0.291 e. The average Bonchev–Trinajstić information content (AvgIpc) is 3.48. The maximum atomic E-state index is 13.1. The van der Waals surface area contributed by atoms with Gasteiger partial charge < -0.3 is 14.2 Å². The Morgan fingerprint density at radius 1 is 1.05 bits per heavy atom. The molecule has 2 N–H and O–H groups in total. The first-order valence-electron chi connectivity index (χ1n) is 13.7. The summed E-state index contributed by atoms with van der Waals surface area (Å²) in [6.45, 7) is 8.09. The fourth-order valence-electron chi connectivity index (χ4n) is 5.42. The molecular formula is C32H35N3O4. The molecule has 7 nitrogen and oxygen atoms in total. The molecule has 2 heterocycles. The summed E-state index contributed by atoms with van der Waals surface area (Å²) in [4.78, 5) is 25.9. The van der Waals surface area contributed by atoms with E-state index in [1.54, 1.807) is 6.26 Å². The Labute approximate surface area is 228 Å². The third-order valence-corrected chi connectivity index (χ3v) is 7.32. The number of nitrogens with one attached hydrogen (secondary N) is 2. The summed E-state index contributed by atoms with van der Waals surface area (Å²) in [7, 11) is 0. The highest BCUT2D eigenvalue weighted by Gasteiger charge is 2.28. The highest BCUT2D eigenvalue weighted by atomic mass is 16.4. The molecule has 202 valence electrons. The lowest BCUT2D eigenvalue weighted by atomic mass is 9.93. The Morgan fingerprint density at radius 3 is 2.62 bits per heavy atom. The van der Waals surface area contributed by atoms with Crippen molar-refractivity contribution >= 4 is 34.2 Å². The minimum absolute atomic E-state index is 0.162. The van der Waals surface area contributed by atoms with Crippen LogP contribution in [0.3, 0.4) is 0 Å². The largest absolute Gasteiger partial charge is 0.464 e. The van der Waals surface area contributed by atoms with E-state index in [2.05, 4.69) is 28.8 Å². The molecule has 0 saturated carbocycles. The molecule has 5 rings (SSSR count). The monoisotopic (exact) mass is 525 g/mol. The molecule has 1 aliphatic rings. The minimum Gasteiger partial charge on any atom is -0.464 e. The van der Waals surface area contributed by atoms with Crippen LogP contribution in [0.2, 0.25) is 0 Å². The quantitative estimate of drug-likeness (QED) is 0.243. The number of rotatable bonds is 8. The van der Waals surface area contributed by atoms with E-state index >= 15 is 0 Å². The van der Waals surface area contributed by atoms with Crippen molar-refractivity contribution in [1.29, 1.82) is 0 Å². The second kappa shape index (κ2) is 11.3. The number of unbranched alkanes of at least 4 members (excludes halogenated alkanes) is 1. The van der Waals surface area contributed by atoms with E-state index in [0.717, 1.165) is 88.0 Å². The Hall–Kier alpha value is -4.13. The van der Waals surface area contributed by atoms with Crippen LogP contribution in [-0.4, -0.2) is 17.5 Å². The molecule has 0 unspecified atom stereocenters. The second-order valence-corrected chi connectivity index (χ2v) is 10.4. The van der Waals surface area contributed by atoms with Gasteiger partial charge in [0, 0.05) is 34.2 Å². The zero-order valence-electron chi connectivity index (χ0n) is 23.1. The van der Waals surface area contributed by atoms with Gasteiger partial charge in [-0.25, -0.2) is 5.43 Å². The van der Waals surface area contributed by atoms with E-state index in [-0.39, 0.29) is 24.0 Å². The molecule has 0 bridgehead atoms. The molecule has 0 radical (unpaired) electrons. The number of benzene rings is 2. The highest BCUT2D eigenvalue weighted by Crippen LogP contribution is 2.31. The van der Waals surface area contributed by atoms with Crippen LogP contribution in [0.15, 0.2) is 56.6 Å². The summed E-state index contributed by atoms with van der Waals surface area (Å²) in [5.74, 6) is 0.507. The normalized spacial score (nSPS) is 14.0. The minimum atomic E-state index is -0.288. The number of hydrazone groups is 1. The van der Waals surface area contributed by atoms with Crippen molar-refractivity contribution in [2.45, 2.75) is 72.6 Å². The van der Waals surface area contributed by atoms with Crippen molar-refractivity contribution in [3.05, 3.63) is 87.6 Å². The first-order valence-corrected chi connectivity index (χ1v) is 13.7. The van der Waals surface area contributed by atoms with Gasteiger partial charge in [0.05, 0.1) is 18.4 Å². The number of hydrogen-bond acceptors (Lipinski definition) is 5. The molecule has 2 aromatic heterocycles. The Kier molecular flexibility index (Phi) is 7.68. The van der Waals surface area contributed by atoms with Crippen molar-refractivity contribution in [2.24, 2.45) is 5.10 Å². The van der Waals surface area contributed by atoms with Crippen molar-refractivity contribution in [3.8, 4) is 0 Å². The lowest BCUT2D eigenvalue weighted by Gasteiger charge is -2.13. The van der Waals surface area contributed by atoms with Gasteiger partial charge in [-0.05, 0) is 81.3 Å². The summed E-state index contributed by atoms with van der Waals surface area (Å²) < 4.78 is 11.7. The van der Waals surface area contributed by atoms with Crippen LogP contribution in [0.1, 0.15) is 82.3 Å². The van der Waals surface area contributed by atoms with Crippen molar-refractivity contribution in [1.82, 2.24) is 5.43 Å². The number of carbonyl (C=O) groups excluding carboxylic acids is 2. The fourth-order valence-corrected chi connectivity index (χ4v) is 5.42. The molecule has 0 spiro atoms. The van der Waals surface area contributed by atoms with E-state index in [4.69, 9.17) is 8.83 Å². The standard InChI is InChI=1S/C32H35N3O4/c1-5-6-8-22-11-13-24(14-12-22)33-32(37)31-21(4)30-25(9-7-10-26(30)39-31)34-35-28(36)17-23-18-38-27-16-19(2)15-20(3)29(23)27/h11-16,18H,5-10,17H2,1-4H3,(H,33,37)(H,35,36)/b34-25+. The number of aryl methyl sites for hydroxylation is 4. The summed E-state index contributed by atoms with van der Waals surface area (Å²) in [6, 6.07) is 12.0. The van der Waals surface area contributed by atoms with Gasteiger partial charge in [-0.3, -0.25) is 9.59 Å². The first-order chi connectivity index (χ1) is 18.8. The molecule has 0 atom stereocenters. The number of hydrogen-bond donors (Lipinski definition) is 2. The van der Waals surface area contributed by atoms with Crippen molar-refractivity contribution in [3.63, 3.8) is 0 Å². The number of fused-ring (bicyclic) bond motifs is 2. The molecule has 7 heteroatoms. The van der Waals surface area contributed by atoms with E-state index in [1.807, 2.05) is 51.1 Å². The van der Waals surface area contributed by atoms with Crippen LogP contribution >= 0.6 is 0 Å². The van der Waals surface area contributed by atoms with E-state index in [0.29, 0.717) is 6.42 Å². The lowest BCUT2D eigenvalue weighted by Crippen LogP contribution is -2.23. The van der Waals surface area contributed by atoms with Crippen LogP contribution in [0.5, 0.6) is 0 Å². The summed E-state index contributed by atoms with van der Waals surface area (Å²) in [6.07, 6.45) is 7.39. The topological polar surface area (TPSA) is 96.8 Å². The number of anilines is 1. The molecule has 0 aliphatic heterocycles. The molecule has 2 aromatic carbocycles. The van der Waals surface area contributed by atoms with E-state index in [9.17, 15) is 9.59 Å². The third-order valence-electron chi connectivity index (χ3n) is 7.32. The fraction of sp³-hybridized carbons (Fsp3) is 0.344. The molecule has 0 saturated heterocycles.